The molecule has 0 saturated heterocycles. The maximum atomic E-state index is 12.9. The summed E-state index contributed by atoms with van der Waals surface area (Å²) in [5.74, 6) is -1.10. The fraction of sp³-hybridized carbons (Fsp3) is 0.100. The molecule has 0 N–H and O–H groups in total. The van der Waals surface area contributed by atoms with Crippen molar-refractivity contribution in [3.8, 4) is 0 Å². The number of nitrogens with zero attached hydrogens (tertiary/aromatic N) is 1. The van der Waals surface area contributed by atoms with E-state index in [1.54, 1.807) is 42.5 Å². The van der Waals surface area contributed by atoms with Gasteiger partial charge in [0.05, 0.1) is 24.8 Å². The minimum absolute atomic E-state index is 0.0488. The van der Waals surface area contributed by atoms with E-state index in [9.17, 15) is 18.0 Å². The van der Waals surface area contributed by atoms with Crippen molar-refractivity contribution in [1.82, 2.24) is 0 Å². The topological polar surface area (TPSA) is 80.8 Å². The number of hydrogen-bond acceptors (Lipinski definition) is 6. The molecule has 0 atom stereocenters. The molecule has 0 amide bonds. The maximum absolute atomic E-state index is 12.9. The molecule has 0 saturated carbocycles. The highest BCUT2D eigenvalue weighted by Crippen LogP contribution is 2.24. The number of esters is 1. The summed E-state index contributed by atoms with van der Waals surface area (Å²) in [6.07, 6.45) is 0. The van der Waals surface area contributed by atoms with Gasteiger partial charge < -0.3 is 4.74 Å². The number of benzene rings is 2. The molecule has 0 bridgehead atoms. The number of carbonyl (C=O) groups is 2. The van der Waals surface area contributed by atoms with Crippen molar-refractivity contribution in [2.24, 2.45) is 0 Å². The van der Waals surface area contributed by atoms with Crippen LogP contribution in [0, 0.1) is 0 Å². The minimum Gasteiger partial charge on any atom is -0.454 e. The number of sulfonamides is 1. The van der Waals surface area contributed by atoms with Crippen molar-refractivity contribution in [3.05, 3.63) is 81.0 Å². The van der Waals surface area contributed by atoms with Crippen molar-refractivity contribution < 1.29 is 22.7 Å². The second-order valence-corrected chi connectivity index (χ2v) is 10.4. The largest absolute Gasteiger partial charge is 0.454 e. The van der Waals surface area contributed by atoms with E-state index in [0.717, 1.165) is 8.09 Å². The quantitative estimate of drug-likeness (QED) is 0.360. The first-order chi connectivity index (χ1) is 13.8. The molecule has 0 aliphatic heterocycles. The van der Waals surface area contributed by atoms with E-state index in [4.69, 9.17) is 4.74 Å². The first-order valence-electron chi connectivity index (χ1n) is 8.39. The van der Waals surface area contributed by atoms with Gasteiger partial charge in [-0.2, -0.15) is 0 Å². The van der Waals surface area contributed by atoms with E-state index in [0.29, 0.717) is 10.6 Å². The van der Waals surface area contributed by atoms with Crippen molar-refractivity contribution in [2.75, 3.05) is 18.0 Å². The summed E-state index contributed by atoms with van der Waals surface area (Å²) in [5.41, 5.74) is 0.542. The predicted octanol–water partition coefficient (Wildman–Crippen LogP) is 4.38. The Labute approximate surface area is 180 Å². The maximum Gasteiger partial charge on any atom is 0.338 e. The average molecular weight is 494 g/mol. The molecular formula is C20H16BrNO5S2. The Hall–Kier alpha value is -2.49. The van der Waals surface area contributed by atoms with E-state index >= 15 is 0 Å². The molecule has 1 heterocycles. The zero-order chi connectivity index (χ0) is 21.0. The lowest BCUT2D eigenvalue weighted by atomic mass is 10.2. The molecule has 150 valence electrons. The lowest BCUT2D eigenvalue weighted by Gasteiger charge is -2.19. The lowest BCUT2D eigenvalue weighted by molar-refractivity contribution is 0.0475. The fourth-order valence-corrected chi connectivity index (χ4v) is 5.02. The number of thiophene rings is 1. The van der Waals surface area contributed by atoms with Crippen LogP contribution < -0.4 is 4.31 Å². The molecule has 0 fully saturated rings. The van der Waals surface area contributed by atoms with Crippen molar-refractivity contribution >= 4 is 54.7 Å². The molecule has 1 aromatic heterocycles. The third-order valence-electron chi connectivity index (χ3n) is 4.03. The molecule has 9 heteroatoms. The van der Waals surface area contributed by atoms with Gasteiger partial charge in [-0.15, -0.1) is 11.3 Å². The highest BCUT2D eigenvalue weighted by Gasteiger charge is 2.23. The van der Waals surface area contributed by atoms with Gasteiger partial charge in [-0.25, -0.2) is 13.2 Å². The molecule has 2 aromatic carbocycles. The summed E-state index contributed by atoms with van der Waals surface area (Å²) in [6, 6.07) is 17.5. The summed E-state index contributed by atoms with van der Waals surface area (Å²) in [4.78, 5) is 24.8. The number of ketones is 1. The van der Waals surface area contributed by atoms with Gasteiger partial charge in [-0.1, -0.05) is 24.3 Å². The van der Waals surface area contributed by atoms with Crippen LogP contribution in [0.3, 0.4) is 0 Å². The van der Waals surface area contributed by atoms with Crippen molar-refractivity contribution in [2.45, 2.75) is 4.90 Å². The molecule has 0 aliphatic carbocycles. The Morgan fingerprint density at radius 2 is 1.76 bits per heavy atom. The number of hydrogen-bond donors (Lipinski definition) is 0. The van der Waals surface area contributed by atoms with Crippen LogP contribution in [0.15, 0.2) is 75.4 Å². The van der Waals surface area contributed by atoms with Crippen LogP contribution >= 0.6 is 27.3 Å². The van der Waals surface area contributed by atoms with Crippen molar-refractivity contribution in [3.63, 3.8) is 0 Å². The van der Waals surface area contributed by atoms with Gasteiger partial charge in [-0.05, 0) is 58.4 Å². The Morgan fingerprint density at radius 1 is 1.03 bits per heavy atom. The second kappa shape index (κ2) is 8.89. The Bertz CT molecular complexity index is 1140. The van der Waals surface area contributed by atoms with E-state index in [1.807, 2.05) is 0 Å². The molecule has 29 heavy (non-hydrogen) atoms. The third-order valence-corrected chi connectivity index (χ3v) is 7.48. The van der Waals surface area contributed by atoms with Gasteiger partial charge in [0.15, 0.2) is 6.61 Å². The number of carbonyl (C=O) groups excluding carboxylic acids is 2. The van der Waals surface area contributed by atoms with E-state index in [2.05, 4.69) is 15.9 Å². The summed E-state index contributed by atoms with van der Waals surface area (Å²) >= 11 is 4.51. The summed E-state index contributed by atoms with van der Waals surface area (Å²) in [6.45, 7) is -0.424. The van der Waals surface area contributed by atoms with Crippen LogP contribution in [0.4, 0.5) is 5.69 Å². The molecule has 0 unspecified atom stereocenters. The highest BCUT2D eigenvalue weighted by atomic mass is 79.9. The van der Waals surface area contributed by atoms with E-state index < -0.39 is 22.6 Å². The van der Waals surface area contributed by atoms with Crippen LogP contribution in [0.2, 0.25) is 0 Å². The standard InChI is InChI=1S/C20H16BrNO5S2/c1-22(15-7-3-2-4-8-15)29(25,26)16-9-5-6-14(12-16)20(24)27-13-17(23)18-10-11-19(21)28-18/h2-12H,13H2,1H3. The van der Waals surface area contributed by atoms with Gasteiger partial charge in [0.2, 0.25) is 5.78 Å². The number of para-hydroxylation sites is 1. The number of ether oxygens (including phenoxy) is 1. The van der Waals surface area contributed by atoms with Crippen LogP contribution in [-0.2, 0) is 14.8 Å². The highest BCUT2D eigenvalue weighted by molar-refractivity contribution is 9.11. The first kappa shape index (κ1) is 21.2. The number of halogens is 1. The Kier molecular flexibility index (Phi) is 6.51. The van der Waals surface area contributed by atoms with Gasteiger partial charge in [-0.3, -0.25) is 9.10 Å². The minimum atomic E-state index is -3.86. The fourth-order valence-electron chi connectivity index (χ4n) is 2.47. The van der Waals surface area contributed by atoms with Gasteiger partial charge in [0.25, 0.3) is 10.0 Å². The Balaban J connectivity index is 1.74. The third kappa shape index (κ3) is 4.92. The number of anilines is 1. The molecular weight excluding hydrogens is 478 g/mol. The molecule has 3 aromatic rings. The molecule has 3 rings (SSSR count). The van der Waals surface area contributed by atoms with E-state index in [1.165, 1.54) is 42.6 Å². The molecule has 6 nitrogen and oxygen atoms in total. The van der Waals surface area contributed by atoms with Crippen LogP contribution in [-0.4, -0.2) is 33.8 Å². The second-order valence-electron chi connectivity index (χ2n) is 5.94. The monoisotopic (exact) mass is 493 g/mol. The first-order valence-corrected chi connectivity index (χ1v) is 11.4. The normalized spacial score (nSPS) is 11.1. The SMILES string of the molecule is CN(c1ccccc1)S(=O)(=O)c1cccc(C(=O)OCC(=O)c2ccc(Br)s2)c1. The van der Waals surface area contributed by atoms with Crippen LogP contribution in [0.25, 0.3) is 0 Å². The average Bonchev–Trinajstić information content (AvgIpc) is 3.18. The van der Waals surface area contributed by atoms with Crippen LogP contribution in [0.5, 0.6) is 0 Å². The zero-order valence-corrected chi connectivity index (χ0v) is 18.5. The number of rotatable bonds is 7. The lowest BCUT2D eigenvalue weighted by Crippen LogP contribution is -2.26. The summed E-state index contributed by atoms with van der Waals surface area (Å²) < 4.78 is 32.7. The zero-order valence-electron chi connectivity index (χ0n) is 15.2. The summed E-state index contributed by atoms with van der Waals surface area (Å²) in [5, 5.41) is 0. The van der Waals surface area contributed by atoms with E-state index in [-0.39, 0.29) is 16.2 Å². The smallest absolute Gasteiger partial charge is 0.338 e. The van der Waals surface area contributed by atoms with Crippen LogP contribution in [0.1, 0.15) is 20.0 Å². The molecule has 0 spiro atoms. The Morgan fingerprint density at radius 3 is 2.41 bits per heavy atom. The van der Waals surface area contributed by atoms with Gasteiger partial charge >= 0.3 is 5.97 Å². The predicted molar refractivity (Wildman–Crippen MR) is 115 cm³/mol. The van der Waals surface area contributed by atoms with Gasteiger partial charge in [0, 0.05) is 7.05 Å². The molecule has 0 aliphatic rings. The van der Waals surface area contributed by atoms with Crippen molar-refractivity contribution in [1.29, 1.82) is 0 Å². The number of Topliss-reactive ketones (excluding diaryl/α,β-unsaturated/α-hetero) is 1. The molecule has 0 radical (unpaired) electrons. The van der Waals surface area contributed by atoms with Gasteiger partial charge in [0.1, 0.15) is 0 Å². The summed E-state index contributed by atoms with van der Waals surface area (Å²) in [7, 11) is -2.43.